The molecule has 0 spiro atoms. The first-order valence-corrected chi connectivity index (χ1v) is 7.69. The molecule has 0 amide bonds. The van der Waals surface area contributed by atoms with Gasteiger partial charge in [-0.25, -0.2) is 4.79 Å². The highest BCUT2D eigenvalue weighted by Gasteiger charge is 2.24. The lowest BCUT2D eigenvalue weighted by Crippen LogP contribution is -2.48. The number of nitrogens with zero attached hydrogens (tertiary/aromatic N) is 3. The molecular weight excluding hydrogens is 302 g/mol. The third-order valence-corrected chi connectivity index (χ3v) is 3.69. The van der Waals surface area contributed by atoms with Crippen molar-refractivity contribution in [2.24, 2.45) is 0 Å². The summed E-state index contributed by atoms with van der Waals surface area (Å²) in [6, 6.07) is 3.34. The summed E-state index contributed by atoms with van der Waals surface area (Å²) in [5, 5.41) is 14.3. The van der Waals surface area contributed by atoms with Crippen molar-refractivity contribution in [3.05, 3.63) is 28.9 Å². The Kier molecular flexibility index (Phi) is 4.65. The molecule has 1 N–H and O–H groups in total. The second-order valence-corrected chi connectivity index (χ2v) is 5.96. The minimum Gasteiger partial charge on any atom is -0.459 e. The Morgan fingerprint density at radius 1 is 1.35 bits per heavy atom. The Balaban J connectivity index is 1.62. The van der Waals surface area contributed by atoms with E-state index in [1.54, 1.807) is 12.1 Å². The van der Waals surface area contributed by atoms with Crippen LogP contribution in [0.4, 0.5) is 0 Å². The van der Waals surface area contributed by atoms with E-state index < -0.39 is 11.9 Å². The number of morpholine rings is 1. The van der Waals surface area contributed by atoms with E-state index in [1.165, 1.54) is 6.26 Å². The van der Waals surface area contributed by atoms with Crippen LogP contribution >= 0.6 is 0 Å². The fourth-order valence-electron chi connectivity index (χ4n) is 2.91. The van der Waals surface area contributed by atoms with Gasteiger partial charge in [-0.1, -0.05) is 0 Å². The van der Waals surface area contributed by atoms with Crippen molar-refractivity contribution in [3.63, 3.8) is 0 Å². The van der Waals surface area contributed by atoms with Crippen LogP contribution in [0, 0.1) is 0 Å². The summed E-state index contributed by atoms with van der Waals surface area (Å²) in [4.78, 5) is 13.9. The van der Waals surface area contributed by atoms with Gasteiger partial charge in [-0.3, -0.25) is 4.90 Å². The van der Waals surface area contributed by atoms with Crippen LogP contribution in [-0.2, 0) is 11.3 Å². The van der Waals surface area contributed by atoms with Gasteiger partial charge < -0.3 is 18.7 Å². The maximum atomic E-state index is 11.8. The second kappa shape index (κ2) is 6.69. The van der Waals surface area contributed by atoms with Gasteiger partial charge in [0.1, 0.15) is 0 Å². The van der Waals surface area contributed by atoms with Crippen LogP contribution < -0.4 is 5.76 Å². The molecule has 2 aromatic heterocycles. The first-order valence-electron chi connectivity index (χ1n) is 7.69. The molecule has 126 valence electrons. The number of aliphatic hydroxyl groups excluding tert-OH is 1. The lowest BCUT2D eigenvalue weighted by Gasteiger charge is -2.36. The number of ether oxygens (including phenoxy) is 1. The van der Waals surface area contributed by atoms with Gasteiger partial charge >= 0.3 is 5.76 Å². The van der Waals surface area contributed by atoms with Gasteiger partial charge in [-0.15, -0.1) is 5.10 Å². The Morgan fingerprint density at radius 3 is 2.74 bits per heavy atom. The normalized spacial score (nSPS) is 24.0. The standard InChI is InChI=1S/C15H21N3O5/c1-10-6-17(7-11(2)22-10)8-12(19)9-18-15(20)23-14(16-18)13-4-3-5-21-13/h3-5,10-12,19H,6-9H2,1-2H3/t10-,11-,12-/m1/s1. The average Bonchev–Trinajstić information content (AvgIpc) is 3.08. The van der Waals surface area contributed by atoms with Gasteiger partial charge in [-0.2, -0.15) is 4.68 Å². The molecule has 0 bridgehead atoms. The third-order valence-electron chi connectivity index (χ3n) is 3.69. The molecule has 2 aromatic rings. The van der Waals surface area contributed by atoms with Crippen LogP contribution in [0.1, 0.15) is 13.8 Å². The average molecular weight is 323 g/mol. The first-order chi connectivity index (χ1) is 11.0. The van der Waals surface area contributed by atoms with Crippen LogP contribution in [-0.4, -0.2) is 57.7 Å². The van der Waals surface area contributed by atoms with E-state index in [0.29, 0.717) is 12.3 Å². The zero-order chi connectivity index (χ0) is 16.4. The maximum Gasteiger partial charge on any atom is 0.437 e. The van der Waals surface area contributed by atoms with E-state index in [9.17, 15) is 9.90 Å². The SMILES string of the molecule is C[C@@H]1CN(C[C@@H](O)Cn2nc(-c3ccco3)oc2=O)C[C@@H](C)O1. The van der Waals surface area contributed by atoms with Crippen molar-refractivity contribution in [1.82, 2.24) is 14.7 Å². The molecule has 0 saturated carbocycles. The number of rotatable bonds is 5. The quantitative estimate of drug-likeness (QED) is 0.859. The Bertz CT molecular complexity index is 668. The van der Waals surface area contributed by atoms with Gasteiger partial charge in [-0.05, 0) is 26.0 Å². The van der Waals surface area contributed by atoms with Crippen molar-refractivity contribution in [2.45, 2.75) is 38.7 Å². The Labute approximate surface area is 133 Å². The fourth-order valence-corrected chi connectivity index (χ4v) is 2.91. The molecule has 1 aliphatic heterocycles. The molecule has 3 atom stereocenters. The smallest absolute Gasteiger partial charge is 0.437 e. The van der Waals surface area contributed by atoms with Crippen LogP contribution in [0.2, 0.25) is 0 Å². The van der Waals surface area contributed by atoms with Crippen molar-refractivity contribution in [3.8, 4) is 11.7 Å². The van der Waals surface area contributed by atoms with Crippen LogP contribution in [0.25, 0.3) is 11.7 Å². The number of aromatic nitrogens is 2. The molecule has 3 heterocycles. The van der Waals surface area contributed by atoms with Crippen LogP contribution in [0.15, 0.2) is 32.0 Å². The lowest BCUT2D eigenvalue weighted by molar-refractivity contribution is -0.0775. The first kappa shape index (κ1) is 16.0. The zero-order valence-electron chi connectivity index (χ0n) is 13.2. The Hall–Kier alpha value is -1.90. The topological polar surface area (TPSA) is 93.9 Å². The number of aliphatic hydroxyl groups is 1. The van der Waals surface area contributed by atoms with Gasteiger partial charge in [0.25, 0.3) is 5.89 Å². The van der Waals surface area contributed by atoms with E-state index in [4.69, 9.17) is 13.6 Å². The molecule has 3 rings (SSSR count). The third kappa shape index (κ3) is 3.90. The van der Waals surface area contributed by atoms with E-state index in [0.717, 1.165) is 17.8 Å². The predicted octanol–water partition coefficient (Wildman–Crippen LogP) is 0.566. The fraction of sp³-hybridized carbons (Fsp3) is 0.600. The van der Waals surface area contributed by atoms with E-state index >= 15 is 0 Å². The minimum atomic E-state index is -0.722. The van der Waals surface area contributed by atoms with Crippen molar-refractivity contribution in [1.29, 1.82) is 0 Å². The summed E-state index contributed by atoms with van der Waals surface area (Å²) in [6.07, 6.45) is 1.02. The molecule has 0 radical (unpaired) electrons. The number of hydrogen-bond donors (Lipinski definition) is 1. The zero-order valence-corrected chi connectivity index (χ0v) is 13.2. The highest BCUT2D eigenvalue weighted by molar-refractivity contribution is 5.42. The molecular formula is C15H21N3O5. The van der Waals surface area contributed by atoms with Crippen molar-refractivity contribution >= 4 is 0 Å². The highest BCUT2D eigenvalue weighted by atomic mass is 16.5. The highest BCUT2D eigenvalue weighted by Crippen LogP contribution is 2.15. The summed E-state index contributed by atoms with van der Waals surface area (Å²) >= 11 is 0. The van der Waals surface area contributed by atoms with E-state index in [2.05, 4.69) is 10.00 Å². The second-order valence-electron chi connectivity index (χ2n) is 5.96. The number of furan rings is 1. The van der Waals surface area contributed by atoms with E-state index in [-0.39, 0.29) is 24.6 Å². The maximum absolute atomic E-state index is 11.8. The van der Waals surface area contributed by atoms with Gasteiger partial charge in [0, 0.05) is 19.6 Å². The Morgan fingerprint density at radius 2 is 2.09 bits per heavy atom. The molecule has 8 nitrogen and oxygen atoms in total. The van der Waals surface area contributed by atoms with Crippen LogP contribution in [0.5, 0.6) is 0 Å². The van der Waals surface area contributed by atoms with Crippen LogP contribution in [0.3, 0.4) is 0 Å². The van der Waals surface area contributed by atoms with Crippen molar-refractivity contribution < 1.29 is 18.7 Å². The molecule has 0 aliphatic carbocycles. The molecule has 1 aliphatic rings. The molecule has 0 aromatic carbocycles. The molecule has 1 saturated heterocycles. The molecule has 23 heavy (non-hydrogen) atoms. The predicted molar refractivity (Wildman–Crippen MR) is 80.9 cm³/mol. The monoisotopic (exact) mass is 323 g/mol. The van der Waals surface area contributed by atoms with Gasteiger partial charge in [0.15, 0.2) is 5.76 Å². The number of β-amino-alcohol motifs (C(OH)–C–C–N with tert-alkyl or cyclic N) is 1. The van der Waals surface area contributed by atoms with Gasteiger partial charge in [0.05, 0.1) is 31.1 Å². The van der Waals surface area contributed by atoms with E-state index in [1.807, 2.05) is 13.8 Å². The summed E-state index contributed by atoms with van der Waals surface area (Å²) in [5.74, 6) is -0.119. The number of hydrogen-bond acceptors (Lipinski definition) is 7. The van der Waals surface area contributed by atoms with Crippen molar-refractivity contribution in [2.75, 3.05) is 19.6 Å². The summed E-state index contributed by atoms with van der Waals surface area (Å²) in [6.45, 7) is 6.05. The van der Waals surface area contributed by atoms with Gasteiger partial charge in [0.2, 0.25) is 0 Å². The lowest BCUT2D eigenvalue weighted by atomic mass is 10.2. The summed E-state index contributed by atoms with van der Waals surface area (Å²) in [5.41, 5.74) is 0. The molecule has 8 heteroatoms. The minimum absolute atomic E-state index is 0.0726. The molecule has 1 fully saturated rings. The summed E-state index contributed by atoms with van der Waals surface area (Å²) in [7, 11) is 0. The largest absolute Gasteiger partial charge is 0.459 e. The summed E-state index contributed by atoms with van der Waals surface area (Å²) < 4.78 is 17.0. The molecule has 0 unspecified atom stereocenters.